The van der Waals surface area contributed by atoms with Crippen LogP contribution in [0.5, 0.6) is 0 Å². The summed E-state index contributed by atoms with van der Waals surface area (Å²) >= 11 is 1.19. The lowest BCUT2D eigenvalue weighted by atomic mass is 10.2. The molecule has 1 aromatic rings. The lowest BCUT2D eigenvalue weighted by Crippen LogP contribution is -2.49. The van der Waals surface area contributed by atoms with Crippen molar-refractivity contribution in [1.29, 1.82) is 0 Å². The van der Waals surface area contributed by atoms with Gasteiger partial charge in [-0.1, -0.05) is 30.0 Å². The Kier molecular flexibility index (Phi) is 4.33. The quantitative estimate of drug-likeness (QED) is 0.880. The van der Waals surface area contributed by atoms with Crippen LogP contribution in [0.1, 0.15) is 18.9 Å². The number of hydrazone groups is 1. The molecule has 0 saturated carbocycles. The molecule has 0 bridgehead atoms. The number of hydrogen-bond donors (Lipinski definition) is 1. The van der Waals surface area contributed by atoms with Crippen molar-refractivity contribution in [3.63, 3.8) is 0 Å². The first-order valence-corrected chi connectivity index (χ1v) is 8.12. The van der Waals surface area contributed by atoms with Gasteiger partial charge in [0, 0.05) is 18.2 Å². The standard InChI is InChI=1S/C15H15N3O4S/c1-9(19)18-14(12(20)16-11-7-8-23-15(11)21)22-13(17-18)10-5-3-2-4-6-10/h2-6,11,14H,7-8H2,1H3,(H,16,20)/t11-,14?/m1/s1. The van der Waals surface area contributed by atoms with Crippen LogP contribution < -0.4 is 5.32 Å². The van der Waals surface area contributed by atoms with Crippen molar-refractivity contribution in [2.24, 2.45) is 5.10 Å². The van der Waals surface area contributed by atoms with Gasteiger partial charge in [0.15, 0.2) is 0 Å². The van der Waals surface area contributed by atoms with E-state index in [0.717, 1.165) is 5.01 Å². The molecule has 0 aromatic heterocycles. The van der Waals surface area contributed by atoms with E-state index in [1.54, 1.807) is 24.3 Å². The fraction of sp³-hybridized carbons (Fsp3) is 0.333. The minimum absolute atomic E-state index is 0.0741. The molecule has 0 aliphatic carbocycles. The molecule has 2 aliphatic rings. The second-order valence-electron chi connectivity index (χ2n) is 5.12. The Morgan fingerprint density at radius 3 is 2.70 bits per heavy atom. The van der Waals surface area contributed by atoms with Crippen LogP contribution in [0.25, 0.3) is 0 Å². The molecule has 1 N–H and O–H groups in total. The van der Waals surface area contributed by atoms with Gasteiger partial charge in [0.1, 0.15) is 0 Å². The number of rotatable bonds is 3. The first-order valence-electron chi connectivity index (χ1n) is 7.14. The highest BCUT2D eigenvalue weighted by Crippen LogP contribution is 2.21. The Labute approximate surface area is 137 Å². The fourth-order valence-corrected chi connectivity index (χ4v) is 3.24. The van der Waals surface area contributed by atoms with Crippen LogP contribution >= 0.6 is 11.8 Å². The number of carbonyl (C=O) groups excluding carboxylic acids is 3. The summed E-state index contributed by atoms with van der Waals surface area (Å²) in [5.74, 6) is -0.0793. The molecule has 7 nitrogen and oxygen atoms in total. The van der Waals surface area contributed by atoms with Gasteiger partial charge < -0.3 is 10.1 Å². The first-order chi connectivity index (χ1) is 11.1. The predicted octanol–water partition coefficient (Wildman–Crippen LogP) is 0.701. The Morgan fingerprint density at radius 2 is 2.09 bits per heavy atom. The van der Waals surface area contributed by atoms with E-state index in [-0.39, 0.29) is 11.0 Å². The van der Waals surface area contributed by atoms with Gasteiger partial charge in [-0.15, -0.1) is 5.10 Å². The van der Waals surface area contributed by atoms with Crippen molar-refractivity contribution in [3.05, 3.63) is 35.9 Å². The molecule has 0 spiro atoms. The average Bonchev–Trinajstić information content (AvgIpc) is 3.15. The van der Waals surface area contributed by atoms with Crippen molar-refractivity contribution in [2.45, 2.75) is 25.6 Å². The minimum Gasteiger partial charge on any atom is -0.440 e. The molecule has 1 fully saturated rings. The molecule has 0 radical (unpaired) electrons. The summed E-state index contributed by atoms with van der Waals surface area (Å²) in [5.41, 5.74) is 0.668. The van der Waals surface area contributed by atoms with Crippen molar-refractivity contribution in [3.8, 4) is 0 Å². The third kappa shape index (κ3) is 3.21. The van der Waals surface area contributed by atoms with E-state index in [1.165, 1.54) is 18.7 Å². The molecule has 2 heterocycles. The summed E-state index contributed by atoms with van der Waals surface area (Å²) in [6, 6.07) is 8.46. The monoisotopic (exact) mass is 333 g/mol. The molecule has 1 saturated heterocycles. The second-order valence-corrected chi connectivity index (χ2v) is 6.22. The van der Waals surface area contributed by atoms with Gasteiger partial charge in [0.25, 0.3) is 12.1 Å². The molecule has 2 aliphatic heterocycles. The van der Waals surface area contributed by atoms with Crippen LogP contribution in [0.2, 0.25) is 0 Å². The number of benzene rings is 1. The Bertz CT molecular complexity index is 677. The van der Waals surface area contributed by atoms with Crippen LogP contribution in [-0.4, -0.2) is 45.9 Å². The zero-order valence-corrected chi connectivity index (χ0v) is 13.2. The molecule has 3 rings (SSSR count). The molecular weight excluding hydrogens is 318 g/mol. The zero-order chi connectivity index (χ0) is 16.4. The summed E-state index contributed by atoms with van der Waals surface area (Å²) in [6.45, 7) is 1.30. The van der Waals surface area contributed by atoms with Crippen LogP contribution in [0.3, 0.4) is 0 Å². The maximum Gasteiger partial charge on any atom is 0.285 e. The Hall–Kier alpha value is -2.35. The summed E-state index contributed by atoms with van der Waals surface area (Å²) in [5, 5.41) is 7.62. The van der Waals surface area contributed by atoms with Gasteiger partial charge in [0.05, 0.1) is 6.04 Å². The highest BCUT2D eigenvalue weighted by molar-refractivity contribution is 8.14. The van der Waals surface area contributed by atoms with Crippen LogP contribution in [0.15, 0.2) is 35.4 Å². The number of ether oxygens (including phenoxy) is 1. The molecule has 8 heteroatoms. The van der Waals surface area contributed by atoms with Gasteiger partial charge in [-0.3, -0.25) is 14.4 Å². The van der Waals surface area contributed by atoms with E-state index in [2.05, 4.69) is 10.4 Å². The van der Waals surface area contributed by atoms with Gasteiger partial charge in [-0.05, 0) is 18.6 Å². The average molecular weight is 333 g/mol. The van der Waals surface area contributed by atoms with E-state index >= 15 is 0 Å². The van der Waals surface area contributed by atoms with Gasteiger partial charge in [0.2, 0.25) is 16.9 Å². The number of thioether (sulfide) groups is 1. The second kappa shape index (κ2) is 6.41. The minimum atomic E-state index is -1.19. The SMILES string of the molecule is CC(=O)N1N=C(c2ccccc2)OC1C(=O)N[C@@H]1CCSC1=O. The maximum absolute atomic E-state index is 12.4. The highest BCUT2D eigenvalue weighted by Gasteiger charge is 2.39. The number of nitrogens with zero attached hydrogens (tertiary/aromatic N) is 2. The van der Waals surface area contributed by atoms with Crippen molar-refractivity contribution in [2.75, 3.05) is 5.75 Å². The van der Waals surface area contributed by atoms with E-state index < -0.39 is 24.1 Å². The third-order valence-electron chi connectivity index (χ3n) is 3.46. The predicted molar refractivity (Wildman–Crippen MR) is 84.4 cm³/mol. The summed E-state index contributed by atoms with van der Waals surface area (Å²) in [4.78, 5) is 35.7. The zero-order valence-electron chi connectivity index (χ0n) is 12.4. The van der Waals surface area contributed by atoms with Crippen molar-refractivity contribution in [1.82, 2.24) is 10.3 Å². The number of amides is 2. The molecule has 2 atom stereocenters. The number of carbonyl (C=O) groups is 3. The highest BCUT2D eigenvalue weighted by atomic mass is 32.2. The summed E-state index contributed by atoms with van der Waals surface area (Å²) in [7, 11) is 0. The molecule has 2 amide bonds. The lowest BCUT2D eigenvalue weighted by molar-refractivity contribution is -0.147. The van der Waals surface area contributed by atoms with Gasteiger partial charge >= 0.3 is 0 Å². The van der Waals surface area contributed by atoms with E-state index in [1.807, 2.05) is 6.07 Å². The normalized spacial score (nSPS) is 23.4. The van der Waals surface area contributed by atoms with Crippen molar-refractivity contribution >= 4 is 34.6 Å². The Balaban J connectivity index is 1.75. The van der Waals surface area contributed by atoms with Crippen LogP contribution in [0.4, 0.5) is 0 Å². The molecule has 1 unspecified atom stereocenters. The summed E-state index contributed by atoms with van der Waals surface area (Å²) < 4.78 is 5.55. The van der Waals surface area contributed by atoms with E-state index in [0.29, 0.717) is 17.7 Å². The van der Waals surface area contributed by atoms with Crippen molar-refractivity contribution < 1.29 is 19.1 Å². The number of nitrogens with one attached hydrogen (secondary N) is 1. The fourth-order valence-electron chi connectivity index (χ4n) is 2.31. The topological polar surface area (TPSA) is 88.1 Å². The van der Waals surface area contributed by atoms with E-state index in [4.69, 9.17) is 4.74 Å². The lowest BCUT2D eigenvalue weighted by Gasteiger charge is -2.20. The van der Waals surface area contributed by atoms with Crippen LogP contribution in [0, 0.1) is 0 Å². The Morgan fingerprint density at radius 1 is 1.35 bits per heavy atom. The van der Waals surface area contributed by atoms with E-state index in [9.17, 15) is 14.4 Å². The summed E-state index contributed by atoms with van der Waals surface area (Å²) in [6.07, 6.45) is -0.616. The third-order valence-corrected chi connectivity index (χ3v) is 4.47. The van der Waals surface area contributed by atoms with Gasteiger partial charge in [-0.2, -0.15) is 5.01 Å². The largest absolute Gasteiger partial charge is 0.440 e. The molecule has 120 valence electrons. The maximum atomic E-state index is 12.4. The smallest absolute Gasteiger partial charge is 0.285 e. The first kappa shape index (κ1) is 15.5. The molecule has 23 heavy (non-hydrogen) atoms. The molecule has 1 aromatic carbocycles. The molecular formula is C15H15N3O4S. The van der Waals surface area contributed by atoms with Crippen LogP contribution in [-0.2, 0) is 19.1 Å². The number of hydrogen-bond acceptors (Lipinski definition) is 6. The van der Waals surface area contributed by atoms with Gasteiger partial charge in [-0.25, -0.2) is 0 Å².